The van der Waals surface area contributed by atoms with Crippen LogP contribution in [-0.4, -0.2) is 15.3 Å². The minimum atomic E-state index is 0.0388. The molecule has 0 atom stereocenters. The van der Waals surface area contributed by atoms with E-state index >= 15 is 0 Å². The zero-order chi connectivity index (χ0) is 10.5. The Bertz CT molecular complexity index is 509. The fraction of sp³-hybridized carbons (Fsp3) is 0.417. The maximum absolute atomic E-state index is 6.13. The van der Waals surface area contributed by atoms with Gasteiger partial charge in [-0.25, -0.2) is 0 Å². The van der Waals surface area contributed by atoms with E-state index in [1.54, 1.807) is 0 Å². The molecule has 1 aliphatic rings. The summed E-state index contributed by atoms with van der Waals surface area (Å²) in [4.78, 5) is 0. The first-order valence-electron chi connectivity index (χ1n) is 5.37. The van der Waals surface area contributed by atoms with Crippen LogP contribution < -0.4 is 5.73 Å². The molecular weight excluding hydrogens is 186 g/mol. The molecule has 1 aromatic heterocycles. The van der Waals surface area contributed by atoms with Gasteiger partial charge in [0.05, 0.1) is 11.2 Å². The number of nitrogens with zero attached hydrogens (tertiary/aromatic N) is 2. The fourth-order valence-corrected chi connectivity index (χ4v) is 2.09. The Morgan fingerprint density at radius 1 is 1.40 bits per heavy atom. The first-order chi connectivity index (χ1) is 7.18. The number of hydrogen-bond donors (Lipinski definition) is 1. The minimum Gasteiger partial charge on any atom is -0.325 e. The van der Waals surface area contributed by atoms with Crippen molar-refractivity contribution in [3.05, 3.63) is 30.0 Å². The maximum Gasteiger partial charge on any atom is 0.0721 e. The molecule has 15 heavy (non-hydrogen) atoms. The molecule has 2 aromatic rings. The maximum atomic E-state index is 6.13. The van der Waals surface area contributed by atoms with Crippen molar-refractivity contribution in [3.63, 3.8) is 0 Å². The predicted octanol–water partition coefficient (Wildman–Crippen LogP) is 1.61. The molecule has 1 fully saturated rings. The van der Waals surface area contributed by atoms with E-state index in [4.69, 9.17) is 5.73 Å². The van der Waals surface area contributed by atoms with E-state index in [0.717, 1.165) is 25.0 Å². The first-order valence-corrected chi connectivity index (χ1v) is 5.37. The fourth-order valence-electron chi connectivity index (χ4n) is 2.09. The normalized spacial score (nSPS) is 18.3. The Labute approximate surface area is 88.9 Å². The van der Waals surface area contributed by atoms with Gasteiger partial charge in [-0.3, -0.25) is 4.68 Å². The summed E-state index contributed by atoms with van der Waals surface area (Å²) in [5.41, 5.74) is 8.51. The third-order valence-corrected chi connectivity index (χ3v) is 3.25. The van der Waals surface area contributed by atoms with Crippen LogP contribution in [0, 0.1) is 0 Å². The first kappa shape index (κ1) is 8.92. The van der Waals surface area contributed by atoms with Gasteiger partial charge in [-0.2, -0.15) is 5.10 Å². The van der Waals surface area contributed by atoms with Crippen LogP contribution in [0.25, 0.3) is 10.9 Å². The molecule has 0 bridgehead atoms. The van der Waals surface area contributed by atoms with Gasteiger partial charge in [-0.05, 0) is 18.9 Å². The number of aryl methyl sites for hydroxylation is 1. The number of hydrogen-bond acceptors (Lipinski definition) is 2. The molecule has 0 aliphatic heterocycles. The average Bonchev–Trinajstić information content (AvgIpc) is 2.87. The van der Waals surface area contributed by atoms with Gasteiger partial charge in [0, 0.05) is 24.4 Å². The van der Waals surface area contributed by atoms with E-state index < -0.39 is 0 Å². The summed E-state index contributed by atoms with van der Waals surface area (Å²) in [6.07, 6.45) is 3.18. The molecule has 0 radical (unpaired) electrons. The van der Waals surface area contributed by atoms with Crippen molar-refractivity contribution >= 4 is 10.9 Å². The van der Waals surface area contributed by atoms with Gasteiger partial charge in [0.1, 0.15) is 0 Å². The average molecular weight is 201 g/mol. The van der Waals surface area contributed by atoms with Crippen molar-refractivity contribution in [2.24, 2.45) is 12.8 Å². The number of aromatic nitrogens is 2. The summed E-state index contributed by atoms with van der Waals surface area (Å²) in [5, 5.41) is 5.80. The molecule has 1 saturated carbocycles. The minimum absolute atomic E-state index is 0.0388. The molecule has 0 saturated heterocycles. The Balaban J connectivity index is 2.10. The number of rotatable bonds is 2. The van der Waals surface area contributed by atoms with Crippen molar-refractivity contribution in [2.75, 3.05) is 0 Å². The van der Waals surface area contributed by atoms with E-state index in [1.165, 1.54) is 10.9 Å². The lowest BCUT2D eigenvalue weighted by atomic mass is 10.1. The summed E-state index contributed by atoms with van der Waals surface area (Å²) in [5.74, 6) is 0. The highest BCUT2D eigenvalue weighted by Crippen LogP contribution is 2.36. The van der Waals surface area contributed by atoms with Crippen LogP contribution in [0.3, 0.4) is 0 Å². The lowest BCUT2D eigenvalue weighted by Gasteiger charge is -2.04. The molecule has 0 amide bonds. The second-order valence-electron chi connectivity index (χ2n) is 4.63. The quantitative estimate of drug-likeness (QED) is 0.802. The molecule has 3 heteroatoms. The summed E-state index contributed by atoms with van der Waals surface area (Å²) >= 11 is 0. The van der Waals surface area contributed by atoms with Gasteiger partial charge in [0.15, 0.2) is 0 Å². The van der Waals surface area contributed by atoms with Gasteiger partial charge >= 0.3 is 0 Å². The van der Waals surface area contributed by atoms with Crippen molar-refractivity contribution in [2.45, 2.75) is 24.8 Å². The molecule has 2 N–H and O–H groups in total. The lowest BCUT2D eigenvalue weighted by Crippen LogP contribution is -2.24. The van der Waals surface area contributed by atoms with Crippen LogP contribution in [0.4, 0.5) is 0 Å². The van der Waals surface area contributed by atoms with Crippen LogP contribution in [0.1, 0.15) is 18.5 Å². The van der Waals surface area contributed by atoms with Gasteiger partial charge in [0.25, 0.3) is 0 Å². The molecule has 1 heterocycles. The highest BCUT2D eigenvalue weighted by atomic mass is 15.3. The number of fused-ring (bicyclic) bond motifs is 1. The number of para-hydroxylation sites is 1. The van der Waals surface area contributed by atoms with Crippen molar-refractivity contribution in [1.82, 2.24) is 9.78 Å². The van der Waals surface area contributed by atoms with Gasteiger partial charge in [-0.15, -0.1) is 0 Å². The van der Waals surface area contributed by atoms with Crippen LogP contribution in [0.15, 0.2) is 24.3 Å². The third kappa shape index (κ3) is 1.43. The monoisotopic (exact) mass is 201 g/mol. The van der Waals surface area contributed by atoms with E-state index in [2.05, 4.69) is 23.3 Å². The van der Waals surface area contributed by atoms with Crippen molar-refractivity contribution in [1.29, 1.82) is 0 Å². The van der Waals surface area contributed by atoms with E-state index in [0.29, 0.717) is 0 Å². The number of benzene rings is 1. The Kier molecular flexibility index (Phi) is 1.68. The molecule has 1 aliphatic carbocycles. The van der Waals surface area contributed by atoms with Crippen molar-refractivity contribution < 1.29 is 0 Å². The summed E-state index contributed by atoms with van der Waals surface area (Å²) in [6, 6.07) is 8.33. The highest BCUT2D eigenvalue weighted by Gasteiger charge is 2.39. The van der Waals surface area contributed by atoms with Crippen molar-refractivity contribution in [3.8, 4) is 0 Å². The molecule has 78 valence electrons. The number of nitrogens with two attached hydrogens (primary N) is 1. The smallest absolute Gasteiger partial charge is 0.0721 e. The van der Waals surface area contributed by atoms with Gasteiger partial charge < -0.3 is 5.73 Å². The van der Waals surface area contributed by atoms with Crippen LogP contribution >= 0.6 is 0 Å². The zero-order valence-electron chi connectivity index (χ0n) is 8.90. The largest absolute Gasteiger partial charge is 0.325 e. The van der Waals surface area contributed by atoms with Crippen LogP contribution in [-0.2, 0) is 13.5 Å². The van der Waals surface area contributed by atoms with E-state index in [-0.39, 0.29) is 5.54 Å². The molecule has 0 spiro atoms. The Morgan fingerprint density at radius 3 is 2.87 bits per heavy atom. The Morgan fingerprint density at radius 2 is 2.13 bits per heavy atom. The standard InChI is InChI=1S/C12H15N3/c1-15-11-5-3-2-4-9(11)10(14-15)8-12(13)6-7-12/h2-5H,6-8,13H2,1H3. The molecule has 0 unspecified atom stereocenters. The second kappa shape index (κ2) is 2.83. The topological polar surface area (TPSA) is 43.8 Å². The predicted molar refractivity (Wildman–Crippen MR) is 60.6 cm³/mol. The summed E-state index contributed by atoms with van der Waals surface area (Å²) < 4.78 is 1.94. The van der Waals surface area contributed by atoms with E-state index in [9.17, 15) is 0 Å². The molecule has 3 nitrogen and oxygen atoms in total. The van der Waals surface area contributed by atoms with Crippen LogP contribution in [0.2, 0.25) is 0 Å². The Hall–Kier alpha value is -1.35. The van der Waals surface area contributed by atoms with Gasteiger partial charge in [0.2, 0.25) is 0 Å². The zero-order valence-corrected chi connectivity index (χ0v) is 8.90. The molecule has 3 rings (SSSR count). The SMILES string of the molecule is Cn1nc(CC2(N)CC2)c2ccccc21. The van der Waals surface area contributed by atoms with Gasteiger partial charge in [-0.1, -0.05) is 18.2 Å². The third-order valence-electron chi connectivity index (χ3n) is 3.25. The van der Waals surface area contributed by atoms with E-state index in [1.807, 2.05) is 17.8 Å². The summed E-state index contributed by atoms with van der Waals surface area (Å²) in [7, 11) is 1.99. The molecule has 1 aromatic carbocycles. The molecular formula is C12H15N3. The second-order valence-corrected chi connectivity index (χ2v) is 4.63. The highest BCUT2D eigenvalue weighted by molar-refractivity contribution is 5.82. The lowest BCUT2D eigenvalue weighted by molar-refractivity contribution is 0.645. The van der Waals surface area contributed by atoms with Crippen LogP contribution in [0.5, 0.6) is 0 Å². The summed E-state index contributed by atoms with van der Waals surface area (Å²) in [6.45, 7) is 0.